The molecule has 1 aliphatic rings. The van der Waals surface area contributed by atoms with Gasteiger partial charge in [0.2, 0.25) is 5.91 Å². The lowest BCUT2D eigenvalue weighted by Crippen LogP contribution is -2.46. The van der Waals surface area contributed by atoms with E-state index in [0.717, 1.165) is 6.07 Å². The minimum Gasteiger partial charge on any atom is -0.355 e. The summed E-state index contributed by atoms with van der Waals surface area (Å²) in [5.41, 5.74) is 3.59. The molecule has 2 rings (SSSR count). The molecule has 3 N–H and O–H groups in total. The summed E-state index contributed by atoms with van der Waals surface area (Å²) in [4.78, 5) is 25.8. The number of hydrogen-bond acceptors (Lipinski definition) is 3. The SMILES string of the molecule is NCCNC(=O)C1CCCN(C(=O)c2ccc(F)c(C(F)(F)F)c2)C1. The van der Waals surface area contributed by atoms with Gasteiger partial charge in [-0.05, 0) is 31.0 Å². The standard InChI is InChI=1S/C16H19F4N3O2/c17-13-4-3-10(8-12(13)16(18,19)20)15(25)23-7-1-2-11(9-23)14(24)22-6-5-21/h3-4,8,11H,1-2,5-7,9,21H2,(H,22,24). The minimum atomic E-state index is -4.88. The van der Waals surface area contributed by atoms with Crippen molar-refractivity contribution in [2.24, 2.45) is 11.7 Å². The minimum absolute atomic E-state index is 0.105. The predicted octanol–water partition coefficient (Wildman–Crippen LogP) is 1.77. The first kappa shape index (κ1) is 19.2. The first-order valence-electron chi connectivity index (χ1n) is 7.88. The largest absolute Gasteiger partial charge is 0.419 e. The number of piperidine rings is 1. The highest BCUT2D eigenvalue weighted by Crippen LogP contribution is 2.32. The van der Waals surface area contributed by atoms with Crippen LogP contribution in [0.4, 0.5) is 17.6 Å². The lowest BCUT2D eigenvalue weighted by atomic mass is 9.96. The molecule has 1 saturated heterocycles. The van der Waals surface area contributed by atoms with Crippen LogP contribution in [0.3, 0.4) is 0 Å². The number of carbonyl (C=O) groups excluding carboxylic acids is 2. The second kappa shape index (κ2) is 7.81. The molecule has 1 aromatic carbocycles. The second-order valence-corrected chi connectivity index (χ2v) is 5.86. The van der Waals surface area contributed by atoms with E-state index < -0.39 is 29.4 Å². The Morgan fingerprint density at radius 2 is 2.04 bits per heavy atom. The molecule has 0 aliphatic carbocycles. The van der Waals surface area contributed by atoms with Gasteiger partial charge in [-0.2, -0.15) is 13.2 Å². The number of amides is 2. The summed E-state index contributed by atoms with van der Waals surface area (Å²) in [6.45, 7) is 1.04. The average Bonchev–Trinajstić information content (AvgIpc) is 2.58. The highest BCUT2D eigenvalue weighted by atomic mass is 19.4. The van der Waals surface area contributed by atoms with Crippen molar-refractivity contribution in [3.8, 4) is 0 Å². The van der Waals surface area contributed by atoms with Crippen LogP contribution < -0.4 is 11.1 Å². The number of alkyl halides is 3. The summed E-state index contributed by atoms with van der Waals surface area (Å²) in [7, 11) is 0. The third-order valence-electron chi connectivity index (χ3n) is 4.04. The van der Waals surface area contributed by atoms with E-state index in [4.69, 9.17) is 5.73 Å². The van der Waals surface area contributed by atoms with Gasteiger partial charge in [-0.25, -0.2) is 4.39 Å². The van der Waals surface area contributed by atoms with Crippen molar-refractivity contribution in [1.29, 1.82) is 0 Å². The van der Waals surface area contributed by atoms with E-state index in [-0.39, 0.29) is 24.6 Å². The van der Waals surface area contributed by atoms with Crippen molar-refractivity contribution < 1.29 is 27.2 Å². The lowest BCUT2D eigenvalue weighted by molar-refractivity contribution is -0.140. The molecule has 1 heterocycles. The zero-order valence-electron chi connectivity index (χ0n) is 13.4. The van der Waals surface area contributed by atoms with E-state index in [1.165, 1.54) is 4.90 Å². The van der Waals surface area contributed by atoms with Crippen LogP contribution in [0.5, 0.6) is 0 Å². The third kappa shape index (κ3) is 4.68. The van der Waals surface area contributed by atoms with Gasteiger partial charge in [0, 0.05) is 31.7 Å². The highest BCUT2D eigenvalue weighted by molar-refractivity contribution is 5.95. The first-order valence-corrected chi connectivity index (χ1v) is 7.88. The summed E-state index contributed by atoms with van der Waals surface area (Å²) >= 11 is 0. The number of carbonyl (C=O) groups is 2. The molecule has 0 radical (unpaired) electrons. The van der Waals surface area contributed by atoms with Crippen molar-refractivity contribution in [3.63, 3.8) is 0 Å². The predicted molar refractivity (Wildman–Crippen MR) is 82.1 cm³/mol. The maximum Gasteiger partial charge on any atom is 0.419 e. The number of hydrogen-bond donors (Lipinski definition) is 2. The molecule has 1 aromatic rings. The third-order valence-corrected chi connectivity index (χ3v) is 4.04. The summed E-state index contributed by atoms with van der Waals surface area (Å²) in [6.07, 6.45) is -3.75. The molecular formula is C16H19F4N3O2. The Hall–Kier alpha value is -2.16. The van der Waals surface area contributed by atoms with Crippen molar-refractivity contribution in [2.45, 2.75) is 19.0 Å². The number of rotatable bonds is 4. The molecule has 9 heteroatoms. The quantitative estimate of drug-likeness (QED) is 0.803. The van der Waals surface area contributed by atoms with Crippen molar-refractivity contribution in [2.75, 3.05) is 26.2 Å². The smallest absolute Gasteiger partial charge is 0.355 e. The molecule has 25 heavy (non-hydrogen) atoms. The van der Waals surface area contributed by atoms with Gasteiger partial charge in [-0.3, -0.25) is 9.59 Å². The van der Waals surface area contributed by atoms with Gasteiger partial charge >= 0.3 is 6.18 Å². The maximum atomic E-state index is 13.3. The lowest BCUT2D eigenvalue weighted by Gasteiger charge is -2.32. The molecular weight excluding hydrogens is 342 g/mol. The monoisotopic (exact) mass is 361 g/mol. The average molecular weight is 361 g/mol. The Morgan fingerprint density at radius 1 is 1.32 bits per heavy atom. The topological polar surface area (TPSA) is 75.4 Å². The molecule has 0 saturated carbocycles. The van der Waals surface area contributed by atoms with Crippen LogP contribution in [0, 0.1) is 11.7 Å². The fourth-order valence-electron chi connectivity index (χ4n) is 2.77. The van der Waals surface area contributed by atoms with E-state index in [0.29, 0.717) is 38.1 Å². The highest BCUT2D eigenvalue weighted by Gasteiger charge is 2.35. The molecule has 138 valence electrons. The summed E-state index contributed by atoms with van der Waals surface area (Å²) in [5.74, 6) is -2.76. The Morgan fingerprint density at radius 3 is 2.68 bits per heavy atom. The molecule has 0 spiro atoms. The normalized spacial score (nSPS) is 18.1. The Kier molecular flexibility index (Phi) is 5.99. The van der Waals surface area contributed by atoms with Crippen LogP contribution in [-0.2, 0) is 11.0 Å². The van der Waals surface area contributed by atoms with Gasteiger partial charge in [0.15, 0.2) is 0 Å². The molecule has 1 atom stereocenters. The van der Waals surface area contributed by atoms with Crippen LogP contribution >= 0.6 is 0 Å². The van der Waals surface area contributed by atoms with Crippen LogP contribution in [0.2, 0.25) is 0 Å². The molecule has 2 amide bonds. The van der Waals surface area contributed by atoms with Crippen molar-refractivity contribution >= 4 is 11.8 Å². The first-order chi connectivity index (χ1) is 11.7. The number of halogens is 4. The Bertz CT molecular complexity index is 649. The number of nitrogens with one attached hydrogen (secondary N) is 1. The second-order valence-electron chi connectivity index (χ2n) is 5.86. The molecule has 1 fully saturated rings. The zero-order chi connectivity index (χ0) is 18.6. The molecule has 1 unspecified atom stereocenters. The van der Waals surface area contributed by atoms with Gasteiger partial charge in [0.25, 0.3) is 5.91 Å². The van der Waals surface area contributed by atoms with Gasteiger partial charge in [0.1, 0.15) is 5.82 Å². The fourth-order valence-corrected chi connectivity index (χ4v) is 2.77. The number of nitrogens with zero attached hydrogens (tertiary/aromatic N) is 1. The van der Waals surface area contributed by atoms with Crippen LogP contribution in [-0.4, -0.2) is 42.9 Å². The van der Waals surface area contributed by atoms with E-state index >= 15 is 0 Å². The van der Waals surface area contributed by atoms with Crippen LogP contribution in [0.25, 0.3) is 0 Å². The van der Waals surface area contributed by atoms with Gasteiger partial charge in [-0.15, -0.1) is 0 Å². The van der Waals surface area contributed by atoms with Crippen LogP contribution in [0.15, 0.2) is 18.2 Å². The van der Waals surface area contributed by atoms with E-state index in [1.807, 2.05) is 0 Å². The Balaban J connectivity index is 2.13. The summed E-state index contributed by atoms with van der Waals surface area (Å²) in [5, 5.41) is 2.64. The maximum absolute atomic E-state index is 13.3. The number of likely N-dealkylation sites (tertiary alicyclic amines) is 1. The van der Waals surface area contributed by atoms with Gasteiger partial charge in [-0.1, -0.05) is 0 Å². The molecule has 5 nitrogen and oxygen atoms in total. The summed E-state index contributed by atoms with van der Waals surface area (Å²) < 4.78 is 51.7. The van der Waals surface area contributed by atoms with Crippen molar-refractivity contribution in [3.05, 3.63) is 35.1 Å². The number of nitrogens with two attached hydrogens (primary N) is 1. The van der Waals surface area contributed by atoms with E-state index in [9.17, 15) is 27.2 Å². The van der Waals surface area contributed by atoms with E-state index in [2.05, 4.69) is 5.32 Å². The van der Waals surface area contributed by atoms with Gasteiger partial charge in [0.05, 0.1) is 11.5 Å². The van der Waals surface area contributed by atoms with E-state index in [1.54, 1.807) is 0 Å². The zero-order valence-corrected chi connectivity index (χ0v) is 13.4. The molecule has 0 aromatic heterocycles. The Labute approximate surface area is 142 Å². The number of benzene rings is 1. The summed E-state index contributed by atoms with van der Waals surface area (Å²) in [6, 6.07) is 2.16. The fraction of sp³-hybridized carbons (Fsp3) is 0.500. The molecule has 0 bridgehead atoms. The van der Waals surface area contributed by atoms with Crippen molar-refractivity contribution in [1.82, 2.24) is 10.2 Å². The van der Waals surface area contributed by atoms with Crippen LogP contribution in [0.1, 0.15) is 28.8 Å². The molecule has 1 aliphatic heterocycles. The van der Waals surface area contributed by atoms with Gasteiger partial charge < -0.3 is 16.0 Å².